The third kappa shape index (κ3) is 17.9. The van der Waals surface area contributed by atoms with E-state index >= 15 is 0 Å². The summed E-state index contributed by atoms with van der Waals surface area (Å²) in [5.41, 5.74) is 16.9. The Kier molecular flexibility index (Phi) is 20.8. The van der Waals surface area contributed by atoms with Crippen LogP contribution in [0.25, 0.3) is 0 Å². The van der Waals surface area contributed by atoms with Crippen molar-refractivity contribution in [2.24, 2.45) is 34.0 Å². The van der Waals surface area contributed by atoms with Gasteiger partial charge in [-0.1, -0.05) is 27.7 Å². The number of nitrogens with zero attached hydrogens (tertiary/aromatic N) is 2. The summed E-state index contributed by atoms with van der Waals surface area (Å²) in [6, 6.07) is -8.03. The maximum Gasteiger partial charge on any atom is 0.322 e. The van der Waals surface area contributed by atoms with Crippen molar-refractivity contribution in [1.82, 2.24) is 41.9 Å². The van der Waals surface area contributed by atoms with Crippen molar-refractivity contribution < 1.29 is 48.9 Å². The van der Waals surface area contributed by atoms with Crippen LogP contribution in [-0.2, 0) is 40.0 Å². The summed E-state index contributed by atoms with van der Waals surface area (Å²) in [6.07, 6.45) is 3.31. The first kappa shape index (κ1) is 46.7. The normalized spacial score (nSPS) is 14.4. The van der Waals surface area contributed by atoms with Gasteiger partial charge in [0.15, 0.2) is 5.96 Å². The highest BCUT2D eigenvalue weighted by Crippen LogP contribution is 2.09. The van der Waals surface area contributed by atoms with Gasteiger partial charge < -0.3 is 69.4 Å². The lowest BCUT2D eigenvalue weighted by Gasteiger charge is -2.27. The number of imidazole rings is 1. The highest BCUT2D eigenvalue weighted by Gasteiger charge is 2.33. The van der Waals surface area contributed by atoms with Crippen LogP contribution in [0.3, 0.4) is 0 Å². The molecule has 0 aromatic carbocycles. The Morgan fingerprint density at radius 1 is 0.741 bits per heavy atom. The van der Waals surface area contributed by atoms with Crippen molar-refractivity contribution in [3.05, 3.63) is 18.2 Å². The van der Waals surface area contributed by atoms with Crippen molar-refractivity contribution in [3.8, 4) is 0 Å². The molecule has 54 heavy (non-hydrogen) atoms. The Morgan fingerprint density at radius 3 is 1.67 bits per heavy atom. The number of carboxylic acids is 1. The molecule has 6 amide bonds. The number of guanidine groups is 1. The van der Waals surface area contributed by atoms with Gasteiger partial charge in [0.25, 0.3) is 0 Å². The van der Waals surface area contributed by atoms with Gasteiger partial charge in [-0.25, -0.2) is 4.98 Å². The number of hydrogen-bond acceptors (Lipinski definition) is 12. The van der Waals surface area contributed by atoms with Gasteiger partial charge in [-0.05, 0) is 37.5 Å². The van der Waals surface area contributed by atoms with Crippen molar-refractivity contribution >= 4 is 47.4 Å². The average Bonchev–Trinajstić information content (AvgIpc) is 3.61. The van der Waals surface area contributed by atoms with Crippen molar-refractivity contribution in [2.45, 2.75) is 96.1 Å². The number of aliphatic imine (C=N–C) groups is 1. The van der Waals surface area contributed by atoms with E-state index in [2.05, 4.69) is 46.9 Å². The summed E-state index contributed by atoms with van der Waals surface area (Å²) in [6.45, 7) is 4.83. The molecule has 0 spiro atoms. The number of nitrogens with one attached hydrogen (secondary N) is 7. The molecule has 0 saturated heterocycles. The van der Waals surface area contributed by atoms with Gasteiger partial charge in [-0.2, -0.15) is 0 Å². The first-order chi connectivity index (χ1) is 25.4. The average molecular weight is 769 g/mol. The van der Waals surface area contributed by atoms with Gasteiger partial charge in [-0.3, -0.25) is 38.6 Å². The van der Waals surface area contributed by atoms with Gasteiger partial charge in [0.1, 0.15) is 36.8 Å². The maximum absolute atomic E-state index is 13.5. The molecular weight excluding hydrogens is 712 g/mol. The van der Waals surface area contributed by atoms with Gasteiger partial charge in [0, 0.05) is 24.9 Å². The van der Waals surface area contributed by atoms with E-state index < -0.39 is 97.4 Å². The fourth-order valence-corrected chi connectivity index (χ4v) is 4.92. The van der Waals surface area contributed by atoms with E-state index in [4.69, 9.17) is 22.3 Å². The molecule has 304 valence electrons. The number of nitrogens with two attached hydrogens (primary N) is 3. The van der Waals surface area contributed by atoms with Crippen LogP contribution in [0.1, 0.15) is 59.1 Å². The topological polar surface area (TPSA) is 371 Å². The highest BCUT2D eigenvalue weighted by atomic mass is 16.4. The molecule has 1 heterocycles. The van der Waals surface area contributed by atoms with Crippen LogP contribution < -0.4 is 49.1 Å². The van der Waals surface area contributed by atoms with E-state index in [0.29, 0.717) is 12.1 Å². The fraction of sp³-hybridized carbons (Fsp3) is 0.656. The number of aliphatic carboxylic acids is 1. The molecule has 1 rings (SSSR count). The second-order valence-corrected chi connectivity index (χ2v) is 13.4. The third-order valence-electron chi connectivity index (χ3n) is 7.64. The Bertz CT molecular complexity index is 1420. The smallest absolute Gasteiger partial charge is 0.322 e. The van der Waals surface area contributed by atoms with E-state index in [9.17, 15) is 43.8 Å². The highest BCUT2D eigenvalue weighted by molar-refractivity contribution is 5.97. The summed E-state index contributed by atoms with van der Waals surface area (Å²) in [4.78, 5) is 100. The zero-order valence-corrected chi connectivity index (χ0v) is 31.0. The first-order valence-corrected chi connectivity index (χ1v) is 17.4. The van der Waals surface area contributed by atoms with E-state index in [-0.39, 0.29) is 50.0 Å². The van der Waals surface area contributed by atoms with E-state index in [1.54, 1.807) is 27.7 Å². The number of amides is 6. The lowest BCUT2D eigenvalue weighted by atomic mass is 10.0. The molecule has 0 unspecified atom stereocenters. The second kappa shape index (κ2) is 24.1. The Balaban J connectivity index is 3.11. The summed E-state index contributed by atoms with van der Waals surface area (Å²) in [5, 5.41) is 43.3. The minimum absolute atomic E-state index is 0.0977. The largest absolute Gasteiger partial charge is 0.480 e. The standard InChI is InChI=1S/C32H56N12O10/c1-16(2)8-20(27(50)38-12-25(47)48)41-30(53)23(13-45)44-29(52)22(10-18-11-36-15-39-18)42-31(54)24(14-46)43-28(51)21(9-17(3)4)40-26(49)19(33)6-5-7-37-32(34)35/h11,15-17,19-24,45-46H,5-10,12-14,33H2,1-4H3,(H,36,39)(H,38,50)(H,40,49)(H,41,53)(H,42,54)(H,43,51)(H,44,52)(H,47,48)(H4,34,35,37)/t19-,20-,21-,22-,23-,24-/m0/s1. The van der Waals surface area contributed by atoms with Gasteiger partial charge in [0.05, 0.1) is 25.6 Å². The number of aliphatic hydroxyl groups is 2. The van der Waals surface area contributed by atoms with Crippen LogP contribution in [0.15, 0.2) is 17.5 Å². The molecule has 1 aromatic rings. The van der Waals surface area contributed by atoms with Crippen LogP contribution in [0.2, 0.25) is 0 Å². The zero-order valence-electron chi connectivity index (χ0n) is 31.0. The maximum atomic E-state index is 13.5. The molecule has 22 nitrogen and oxygen atoms in total. The molecule has 0 aliphatic heterocycles. The summed E-state index contributed by atoms with van der Waals surface area (Å²) < 4.78 is 0. The zero-order chi connectivity index (χ0) is 41.0. The van der Waals surface area contributed by atoms with Gasteiger partial charge in [-0.15, -0.1) is 0 Å². The number of aromatic amines is 1. The number of carbonyl (C=O) groups is 7. The minimum atomic E-state index is -1.62. The van der Waals surface area contributed by atoms with Crippen LogP contribution in [-0.4, -0.2) is 135 Å². The summed E-state index contributed by atoms with van der Waals surface area (Å²) in [7, 11) is 0. The number of H-pyrrole nitrogens is 1. The number of carbonyl (C=O) groups excluding carboxylic acids is 6. The van der Waals surface area contributed by atoms with Crippen molar-refractivity contribution in [3.63, 3.8) is 0 Å². The molecule has 6 atom stereocenters. The van der Waals surface area contributed by atoms with Crippen molar-refractivity contribution in [2.75, 3.05) is 26.3 Å². The molecule has 22 heteroatoms. The Morgan fingerprint density at radius 2 is 1.20 bits per heavy atom. The fourth-order valence-electron chi connectivity index (χ4n) is 4.92. The predicted octanol–water partition coefficient (Wildman–Crippen LogP) is -4.97. The lowest BCUT2D eigenvalue weighted by molar-refractivity contribution is -0.138. The number of carboxylic acid groups (broad SMARTS) is 1. The van der Waals surface area contributed by atoms with Crippen LogP contribution in [0.4, 0.5) is 0 Å². The molecule has 0 bridgehead atoms. The number of aliphatic hydroxyl groups excluding tert-OH is 2. The molecule has 1 aromatic heterocycles. The summed E-state index contributed by atoms with van der Waals surface area (Å²) >= 11 is 0. The molecule has 0 saturated carbocycles. The van der Waals surface area contributed by atoms with Crippen LogP contribution >= 0.6 is 0 Å². The molecule has 0 aliphatic carbocycles. The molecule has 0 fully saturated rings. The molecular formula is C32H56N12O10. The number of aromatic nitrogens is 2. The molecule has 0 radical (unpaired) electrons. The van der Waals surface area contributed by atoms with Crippen molar-refractivity contribution in [1.29, 1.82) is 0 Å². The predicted molar refractivity (Wildman–Crippen MR) is 194 cm³/mol. The quantitative estimate of drug-likeness (QED) is 0.0252. The first-order valence-electron chi connectivity index (χ1n) is 17.4. The molecule has 16 N–H and O–H groups in total. The van der Waals surface area contributed by atoms with E-state index in [0.717, 1.165) is 0 Å². The second-order valence-electron chi connectivity index (χ2n) is 13.4. The van der Waals surface area contributed by atoms with Gasteiger partial charge >= 0.3 is 5.97 Å². The van der Waals surface area contributed by atoms with Crippen LogP contribution in [0.5, 0.6) is 0 Å². The number of hydrogen-bond donors (Lipinski definition) is 13. The Labute approximate surface area is 312 Å². The monoisotopic (exact) mass is 768 g/mol. The summed E-state index contributed by atoms with van der Waals surface area (Å²) in [5.74, 6) is -6.81. The van der Waals surface area contributed by atoms with Gasteiger partial charge in [0.2, 0.25) is 35.4 Å². The molecule has 0 aliphatic rings. The third-order valence-corrected chi connectivity index (χ3v) is 7.64. The minimum Gasteiger partial charge on any atom is -0.480 e. The SMILES string of the molecule is CC(C)C[C@H](NC(=O)[C@H](CO)NC(=O)[C@H](Cc1cnc[nH]1)NC(=O)[C@H](CO)NC(=O)[C@H](CC(C)C)NC(=O)[C@@H](N)CCCN=C(N)N)C(=O)NCC(=O)O. The lowest BCUT2D eigenvalue weighted by Crippen LogP contribution is -2.61. The van der Waals surface area contributed by atoms with Crippen LogP contribution in [0, 0.1) is 11.8 Å². The van der Waals surface area contributed by atoms with E-state index in [1.165, 1.54) is 12.5 Å². The van der Waals surface area contributed by atoms with E-state index in [1.807, 2.05) is 0 Å². The Hall–Kier alpha value is -5.35. The number of rotatable bonds is 25.